The monoisotopic (exact) mass is 140 g/mol. The van der Waals surface area contributed by atoms with Crippen molar-refractivity contribution in [2.24, 2.45) is 0 Å². The summed E-state index contributed by atoms with van der Waals surface area (Å²) in [6.07, 6.45) is 4.95. The van der Waals surface area contributed by atoms with Crippen LogP contribution in [0, 0.1) is 0 Å². The SMILES string of the molecule is CC(C)=CCC(C)=CCO. The van der Waals surface area contributed by atoms with Gasteiger partial charge >= 0.3 is 0 Å². The first-order chi connectivity index (χ1) is 4.66. The minimum absolute atomic E-state index is 0.155. The van der Waals surface area contributed by atoms with Gasteiger partial charge in [0, 0.05) is 0 Å². The summed E-state index contributed by atoms with van der Waals surface area (Å²) in [5.74, 6) is 0. The summed E-state index contributed by atoms with van der Waals surface area (Å²) < 4.78 is 0. The van der Waals surface area contributed by atoms with Crippen molar-refractivity contribution in [3.63, 3.8) is 0 Å². The van der Waals surface area contributed by atoms with Crippen LogP contribution in [0.25, 0.3) is 0 Å². The Morgan fingerprint density at radius 3 is 2.20 bits per heavy atom. The molecule has 0 bridgehead atoms. The number of aliphatic hydroxyl groups is 1. The highest BCUT2D eigenvalue weighted by Gasteiger charge is 1.83. The Hall–Kier alpha value is -0.560. The second-order valence-electron chi connectivity index (χ2n) is 2.72. The summed E-state index contributed by atoms with van der Waals surface area (Å²) in [5, 5.41) is 8.50. The molecule has 0 heterocycles. The van der Waals surface area contributed by atoms with Gasteiger partial charge in [-0.3, -0.25) is 0 Å². The molecule has 0 spiro atoms. The van der Waals surface area contributed by atoms with E-state index in [0.29, 0.717) is 0 Å². The van der Waals surface area contributed by atoms with Crippen LogP contribution >= 0.6 is 0 Å². The maximum absolute atomic E-state index is 8.50. The Morgan fingerprint density at radius 1 is 1.20 bits per heavy atom. The molecule has 0 aromatic carbocycles. The quantitative estimate of drug-likeness (QED) is 0.596. The van der Waals surface area contributed by atoms with Gasteiger partial charge in [-0.25, -0.2) is 0 Å². The number of rotatable bonds is 3. The highest BCUT2D eigenvalue weighted by Crippen LogP contribution is 2.02. The van der Waals surface area contributed by atoms with Crippen LogP contribution in [0.5, 0.6) is 0 Å². The third kappa shape index (κ3) is 5.57. The molecule has 0 radical (unpaired) electrons. The molecule has 0 aliphatic rings. The highest BCUT2D eigenvalue weighted by molar-refractivity contribution is 5.07. The maximum Gasteiger partial charge on any atom is 0.0615 e. The van der Waals surface area contributed by atoms with E-state index in [2.05, 4.69) is 19.9 Å². The Morgan fingerprint density at radius 2 is 1.80 bits per heavy atom. The molecule has 0 aromatic heterocycles. The van der Waals surface area contributed by atoms with Crippen LogP contribution < -0.4 is 0 Å². The lowest BCUT2D eigenvalue weighted by Gasteiger charge is -1.94. The van der Waals surface area contributed by atoms with Crippen molar-refractivity contribution >= 4 is 0 Å². The van der Waals surface area contributed by atoms with E-state index in [0.717, 1.165) is 6.42 Å². The van der Waals surface area contributed by atoms with Crippen molar-refractivity contribution in [3.8, 4) is 0 Å². The van der Waals surface area contributed by atoms with Crippen LogP contribution in [-0.2, 0) is 0 Å². The zero-order valence-electron chi connectivity index (χ0n) is 7.02. The topological polar surface area (TPSA) is 20.2 Å². The van der Waals surface area contributed by atoms with Crippen LogP contribution in [0.1, 0.15) is 27.2 Å². The van der Waals surface area contributed by atoms with E-state index in [4.69, 9.17) is 5.11 Å². The summed E-state index contributed by atoms with van der Waals surface area (Å²) in [6, 6.07) is 0. The Bertz CT molecular complexity index is 139. The third-order valence-corrected chi connectivity index (χ3v) is 1.27. The van der Waals surface area contributed by atoms with Gasteiger partial charge in [0.2, 0.25) is 0 Å². The number of allylic oxidation sites excluding steroid dienone is 3. The third-order valence-electron chi connectivity index (χ3n) is 1.27. The molecular weight excluding hydrogens is 124 g/mol. The van der Waals surface area contributed by atoms with E-state index < -0.39 is 0 Å². The van der Waals surface area contributed by atoms with Crippen LogP contribution in [0.15, 0.2) is 23.3 Å². The molecule has 0 aliphatic carbocycles. The zero-order chi connectivity index (χ0) is 7.98. The number of hydrogen-bond acceptors (Lipinski definition) is 1. The fourth-order valence-electron chi connectivity index (χ4n) is 0.604. The van der Waals surface area contributed by atoms with Crippen LogP contribution in [-0.4, -0.2) is 11.7 Å². The van der Waals surface area contributed by atoms with Gasteiger partial charge in [-0.2, -0.15) is 0 Å². The average molecular weight is 140 g/mol. The van der Waals surface area contributed by atoms with Gasteiger partial charge in [0.05, 0.1) is 6.61 Å². The smallest absolute Gasteiger partial charge is 0.0615 e. The standard InChI is InChI=1S/C9H16O/c1-8(2)4-5-9(3)6-7-10/h4,6,10H,5,7H2,1-3H3. The van der Waals surface area contributed by atoms with Gasteiger partial charge in [-0.05, 0) is 27.2 Å². The van der Waals surface area contributed by atoms with Crippen LogP contribution in [0.2, 0.25) is 0 Å². The molecule has 0 amide bonds. The van der Waals surface area contributed by atoms with Crippen molar-refractivity contribution in [2.75, 3.05) is 6.61 Å². The fourth-order valence-corrected chi connectivity index (χ4v) is 0.604. The maximum atomic E-state index is 8.50. The van der Waals surface area contributed by atoms with Gasteiger partial charge in [0.25, 0.3) is 0 Å². The van der Waals surface area contributed by atoms with Crippen molar-refractivity contribution in [2.45, 2.75) is 27.2 Å². The second-order valence-corrected chi connectivity index (χ2v) is 2.72. The van der Waals surface area contributed by atoms with Crippen LogP contribution in [0.3, 0.4) is 0 Å². The van der Waals surface area contributed by atoms with Gasteiger partial charge < -0.3 is 5.11 Å². The molecule has 0 rings (SSSR count). The van der Waals surface area contributed by atoms with E-state index in [-0.39, 0.29) is 6.61 Å². The molecule has 58 valence electrons. The van der Waals surface area contributed by atoms with Gasteiger partial charge in [-0.15, -0.1) is 0 Å². The summed E-state index contributed by atoms with van der Waals surface area (Å²) in [4.78, 5) is 0. The van der Waals surface area contributed by atoms with E-state index in [9.17, 15) is 0 Å². The first kappa shape index (κ1) is 9.44. The molecule has 10 heavy (non-hydrogen) atoms. The lowest BCUT2D eigenvalue weighted by atomic mass is 10.1. The van der Waals surface area contributed by atoms with Crippen LogP contribution in [0.4, 0.5) is 0 Å². The summed E-state index contributed by atoms with van der Waals surface area (Å²) in [5.41, 5.74) is 2.55. The molecular formula is C9H16O. The van der Waals surface area contributed by atoms with E-state index in [1.165, 1.54) is 11.1 Å². The van der Waals surface area contributed by atoms with Crippen molar-refractivity contribution in [3.05, 3.63) is 23.3 Å². The molecule has 0 aromatic rings. The summed E-state index contributed by atoms with van der Waals surface area (Å²) >= 11 is 0. The predicted octanol–water partition coefficient (Wildman–Crippen LogP) is 2.28. The minimum atomic E-state index is 0.155. The van der Waals surface area contributed by atoms with Crippen molar-refractivity contribution in [1.82, 2.24) is 0 Å². The summed E-state index contributed by atoms with van der Waals surface area (Å²) in [6.45, 7) is 6.33. The molecule has 0 saturated carbocycles. The normalized spacial score (nSPS) is 11.4. The molecule has 0 unspecified atom stereocenters. The molecule has 0 atom stereocenters. The van der Waals surface area contributed by atoms with E-state index in [1.54, 1.807) is 0 Å². The molecule has 1 nitrogen and oxygen atoms in total. The second kappa shape index (κ2) is 5.24. The van der Waals surface area contributed by atoms with Gasteiger partial charge in [0.1, 0.15) is 0 Å². The molecule has 0 saturated heterocycles. The lowest BCUT2D eigenvalue weighted by molar-refractivity contribution is 0.341. The highest BCUT2D eigenvalue weighted by atomic mass is 16.2. The lowest BCUT2D eigenvalue weighted by Crippen LogP contribution is -1.78. The number of hydrogen-bond donors (Lipinski definition) is 1. The summed E-state index contributed by atoms with van der Waals surface area (Å²) in [7, 11) is 0. The Kier molecular flexibility index (Phi) is 4.95. The molecule has 1 heteroatoms. The molecule has 1 N–H and O–H groups in total. The molecule has 0 fully saturated rings. The first-order valence-corrected chi connectivity index (χ1v) is 3.56. The fraction of sp³-hybridized carbons (Fsp3) is 0.556. The average Bonchev–Trinajstić information content (AvgIpc) is 1.85. The van der Waals surface area contributed by atoms with Gasteiger partial charge in [0.15, 0.2) is 0 Å². The van der Waals surface area contributed by atoms with E-state index >= 15 is 0 Å². The Labute approximate surface area is 63.1 Å². The van der Waals surface area contributed by atoms with Crippen molar-refractivity contribution in [1.29, 1.82) is 0 Å². The largest absolute Gasteiger partial charge is 0.392 e. The van der Waals surface area contributed by atoms with Gasteiger partial charge in [-0.1, -0.05) is 23.3 Å². The predicted molar refractivity (Wildman–Crippen MR) is 44.9 cm³/mol. The van der Waals surface area contributed by atoms with E-state index in [1.807, 2.05) is 13.0 Å². The number of aliphatic hydroxyl groups excluding tert-OH is 1. The first-order valence-electron chi connectivity index (χ1n) is 3.56. The Balaban J connectivity index is 3.69. The minimum Gasteiger partial charge on any atom is -0.392 e. The van der Waals surface area contributed by atoms with Crippen molar-refractivity contribution < 1.29 is 5.11 Å². The zero-order valence-corrected chi connectivity index (χ0v) is 7.02. The molecule has 0 aliphatic heterocycles.